The highest BCUT2D eigenvalue weighted by atomic mass is 16.5. The van der Waals surface area contributed by atoms with E-state index < -0.39 is 6.10 Å². The zero-order valence-electron chi connectivity index (χ0n) is 15.6. The molecule has 3 rings (SSSR count). The van der Waals surface area contributed by atoms with E-state index in [4.69, 9.17) is 9.47 Å². The molecule has 144 valence electrons. The number of ether oxygens (including phenoxy) is 2. The van der Waals surface area contributed by atoms with Crippen LogP contribution in [0.2, 0.25) is 0 Å². The van der Waals surface area contributed by atoms with E-state index in [9.17, 15) is 9.90 Å². The molecule has 1 aliphatic rings. The number of β-amino-alcohol motifs (C(OH)–C–C–N with tert-alkyl or cyclic N) is 1. The molecule has 1 atom stereocenters. The molecule has 1 saturated heterocycles. The first-order chi connectivity index (χ1) is 13.2. The Morgan fingerprint density at radius 1 is 1.00 bits per heavy atom. The Kier molecular flexibility index (Phi) is 6.68. The summed E-state index contributed by atoms with van der Waals surface area (Å²) >= 11 is 0. The predicted octanol–water partition coefficient (Wildman–Crippen LogP) is 1.89. The normalized spacial score (nSPS) is 16.0. The summed E-state index contributed by atoms with van der Waals surface area (Å²) in [6, 6.07) is 16.6. The smallest absolute Gasteiger partial charge is 0.253 e. The van der Waals surface area contributed by atoms with Crippen LogP contribution in [0.25, 0.3) is 0 Å². The maximum atomic E-state index is 12.5. The number of hydrogen-bond acceptors (Lipinski definition) is 5. The number of nitrogens with zero attached hydrogens (tertiary/aromatic N) is 2. The predicted molar refractivity (Wildman–Crippen MR) is 103 cm³/mol. The van der Waals surface area contributed by atoms with Gasteiger partial charge in [0.25, 0.3) is 5.91 Å². The van der Waals surface area contributed by atoms with Crippen LogP contribution in [0.5, 0.6) is 11.5 Å². The molecule has 6 heteroatoms. The van der Waals surface area contributed by atoms with Crippen LogP contribution in [0, 0.1) is 0 Å². The molecule has 1 aliphatic heterocycles. The molecule has 1 unspecified atom stereocenters. The molecule has 0 bridgehead atoms. The van der Waals surface area contributed by atoms with Crippen LogP contribution < -0.4 is 9.47 Å². The molecule has 1 heterocycles. The minimum absolute atomic E-state index is 0.0682. The molecule has 1 fully saturated rings. The second-order valence-electron chi connectivity index (χ2n) is 6.60. The Morgan fingerprint density at radius 2 is 1.63 bits per heavy atom. The zero-order chi connectivity index (χ0) is 19.1. The topological polar surface area (TPSA) is 62.2 Å². The Bertz CT molecular complexity index is 713. The van der Waals surface area contributed by atoms with E-state index in [2.05, 4.69) is 4.90 Å². The van der Waals surface area contributed by atoms with Crippen LogP contribution in [0.1, 0.15) is 10.4 Å². The van der Waals surface area contributed by atoms with Gasteiger partial charge in [0, 0.05) is 38.3 Å². The van der Waals surface area contributed by atoms with E-state index in [0.717, 1.165) is 24.4 Å². The van der Waals surface area contributed by atoms with Gasteiger partial charge in [-0.15, -0.1) is 0 Å². The van der Waals surface area contributed by atoms with Crippen molar-refractivity contribution in [1.29, 1.82) is 0 Å². The summed E-state index contributed by atoms with van der Waals surface area (Å²) in [6.45, 7) is 3.59. The lowest BCUT2D eigenvalue weighted by atomic mass is 10.2. The molecule has 1 amide bonds. The van der Waals surface area contributed by atoms with E-state index in [1.165, 1.54) is 0 Å². The van der Waals surface area contributed by atoms with Crippen LogP contribution in [0.4, 0.5) is 0 Å². The average molecular weight is 370 g/mol. The lowest BCUT2D eigenvalue weighted by Gasteiger charge is -2.35. The highest BCUT2D eigenvalue weighted by Gasteiger charge is 2.23. The van der Waals surface area contributed by atoms with E-state index in [-0.39, 0.29) is 12.5 Å². The van der Waals surface area contributed by atoms with Crippen molar-refractivity contribution in [3.05, 3.63) is 60.2 Å². The van der Waals surface area contributed by atoms with Gasteiger partial charge in [0.1, 0.15) is 24.2 Å². The SMILES string of the molecule is COc1ccc(OCC(O)CN2CCN(C(=O)c3ccccc3)CC2)cc1. The molecule has 2 aromatic carbocycles. The van der Waals surface area contributed by atoms with Crippen molar-refractivity contribution in [1.82, 2.24) is 9.80 Å². The third-order valence-electron chi connectivity index (χ3n) is 4.65. The molecule has 1 N–H and O–H groups in total. The third kappa shape index (κ3) is 5.45. The van der Waals surface area contributed by atoms with Gasteiger partial charge in [0.05, 0.1) is 7.11 Å². The summed E-state index contributed by atoms with van der Waals surface area (Å²) in [5.41, 5.74) is 0.721. The summed E-state index contributed by atoms with van der Waals surface area (Å²) in [5, 5.41) is 10.2. The quantitative estimate of drug-likeness (QED) is 0.807. The largest absolute Gasteiger partial charge is 0.497 e. The number of amides is 1. The standard InChI is InChI=1S/C21H26N2O4/c1-26-19-7-9-20(10-8-19)27-16-18(24)15-22-11-13-23(14-12-22)21(25)17-5-3-2-4-6-17/h2-10,18,24H,11-16H2,1H3. The van der Waals surface area contributed by atoms with Gasteiger partial charge >= 0.3 is 0 Å². The Labute approximate surface area is 159 Å². The molecular formula is C21H26N2O4. The summed E-state index contributed by atoms with van der Waals surface area (Å²) in [4.78, 5) is 16.5. The molecule has 0 aliphatic carbocycles. The number of carbonyl (C=O) groups excluding carboxylic acids is 1. The van der Waals surface area contributed by atoms with E-state index in [1.54, 1.807) is 7.11 Å². The van der Waals surface area contributed by atoms with Crippen LogP contribution in [-0.4, -0.2) is 73.4 Å². The van der Waals surface area contributed by atoms with Crippen molar-refractivity contribution in [2.24, 2.45) is 0 Å². The second kappa shape index (κ2) is 9.39. The number of aliphatic hydroxyl groups excluding tert-OH is 1. The maximum Gasteiger partial charge on any atom is 0.253 e. The summed E-state index contributed by atoms with van der Waals surface area (Å²) < 4.78 is 10.7. The zero-order valence-corrected chi connectivity index (χ0v) is 15.6. The number of hydrogen-bond donors (Lipinski definition) is 1. The Morgan fingerprint density at radius 3 is 2.26 bits per heavy atom. The average Bonchev–Trinajstić information content (AvgIpc) is 2.73. The van der Waals surface area contributed by atoms with Crippen molar-refractivity contribution >= 4 is 5.91 Å². The lowest BCUT2D eigenvalue weighted by Crippen LogP contribution is -2.50. The first-order valence-electron chi connectivity index (χ1n) is 9.17. The lowest BCUT2D eigenvalue weighted by molar-refractivity contribution is 0.0403. The van der Waals surface area contributed by atoms with Gasteiger partial charge in [-0.05, 0) is 36.4 Å². The molecular weight excluding hydrogens is 344 g/mol. The monoisotopic (exact) mass is 370 g/mol. The fourth-order valence-electron chi connectivity index (χ4n) is 3.11. The molecule has 0 spiro atoms. The minimum Gasteiger partial charge on any atom is -0.497 e. The molecule has 0 aromatic heterocycles. The van der Waals surface area contributed by atoms with Crippen molar-refractivity contribution in [2.45, 2.75) is 6.10 Å². The van der Waals surface area contributed by atoms with Gasteiger partial charge in [0.15, 0.2) is 0 Å². The van der Waals surface area contributed by atoms with Crippen LogP contribution >= 0.6 is 0 Å². The summed E-state index contributed by atoms with van der Waals surface area (Å²) in [7, 11) is 1.62. The number of methoxy groups -OCH3 is 1. The molecule has 2 aromatic rings. The fraction of sp³-hybridized carbons (Fsp3) is 0.381. The molecule has 6 nitrogen and oxygen atoms in total. The third-order valence-corrected chi connectivity index (χ3v) is 4.65. The number of benzene rings is 2. The minimum atomic E-state index is -0.580. The second-order valence-corrected chi connectivity index (χ2v) is 6.60. The maximum absolute atomic E-state index is 12.5. The number of aliphatic hydroxyl groups is 1. The van der Waals surface area contributed by atoms with E-state index in [1.807, 2.05) is 59.5 Å². The van der Waals surface area contributed by atoms with Crippen molar-refractivity contribution in [3.8, 4) is 11.5 Å². The summed E-state index contributed by atoms with van der Waals surface area (Å²) in [5.74, 6) is 1.54. The van der Waals surface area contributed by atoms with Crippen LogP contribution in [0.3, 0.4) is 0 Å². The van der Waals surface area contributed by atoms with Gasteiger partial charge in [0.2, 0.25) is 0 Å². The van der Waals surface area contributed by atoms with E-state index >= 15 is 0 Å². The molecule has 27 heavy (non-hydrogen) atoms. The highest BCUT2D eigenvalue weighted by molar-refractivity contribution is 5.94. The summed E-state index contributed by atoms with van der Waals surface area (Å²) in [6.07, 6.45) is -0.580. The van der Waals surface area contributed by atoms with Crippen molar-refractivity contribution in [3.63, 3.8) is 0 Å². The first kappa shape index (κ1) is 19.2. The highest BCUT2D eigenvalue weighted by Crippen LogP contribution is 2.17. The van der Waals surface area contributed by atoms with Gasteiger partial charge in [-0.25, -0.2) is 0 Å². The van der Waals surface area contributed by atoms with Crippen molar-refractivity contribution in [2.75, 3.05) is 46.4 Å². The molecule has 0 radical (unpaired) electrons. The fourth-order valence-corrected chi connectivity index (χ4v) is 3.11. The van der Waals surface area contributed by atoms with Crippen LogP contribution in [0.15, 0.2) is 54.6 Å². The van der Waals surface area contributed by atoms with Gasteiger partial charge < -0.3 is 19.5 Å². The van der Waals surface area contributed by atoms with Crippen molar-refractivity contribution < 1.29 is 19.4 Å². The molecule has 0 saturated carbocycles. The first-order valence-corrected chi connectivity index (χ1v) is 9.17. The van der Waals surface area contributed by atoms with E-state index in [0.29, 0.717) is 25.4 Å². The van der Waals surface area contributed by atoms with Gasteiger partial charge in [-0.3, -0.25) is 9.69 Å². The van der Waals surface area contributed by atoms with Gasteiger partial charge in [-0.2, -0.15) is 0 Å². The number of piperazine rings is 1. The number of carbonyl (C=O) groups is 1. The van der Waals surface area contributed by atoms with Crippen LogP contribution in [-0.2, 0) is 0 Å². The number of rotatable bonds is 7. The Balaban J connectivity index is 1.40. The van der Waals surface area contributed by atoms with Gasteiger partial charge in [-0.1, -0.05) is 18.2 Å². The Hall–Kier alpha value is -2.57.